The zero-order valence-electron chi connectivity index (χ0n) is 35.9. The molecule has 0 heterocycles. The molecule has 6 nitrogen and oxygen atoms in total. The Kier molecular flexibility index (Phi) is 41.5. The van der Waals surface area contributed by atoms with Gasteiger partial charge in [-0.3, -0.25) is 14.4 Å². The molecule has 0 aliphatic carbocycles. The highest BCUT2D eigenvalue weighted by Gasteiger charge is 2.19. The van der Waals surface area contributed by atoms with Crippen molar-refractivity contribution in [2.24, 2.45) is 0 Å². The molecule has 0 bridgehead atoms. The molecular weight excluding hydrogens is 685 g/mol. The molecule has 0 amide bonds. The predicted octanol–water partition coefficient (Wildman–Crippen LogP) is 14.5. The molecule has 316 valence electrons. The number of allylic oxidation sites excluding steroid dienone is 10. The van der Waals surface area contributed by atoms with Crippen LogP contribution in [0.3, 0.4) is 0 Å². The third-order valence-corrected chi connectivity index (χ3v) is 9.48. The highest BCUT2D eigenvalue weighted by molar-refractivity contribution is 5.71. The number of hydrogen-bond acceptors (Lipinski definition) is 6. The van der Waals surface area contributed by atoms with Crippen LogP contribution >= 0.6 is 0 Å². The minimum atomic E-state index is -0.801. The van der Waals surface area contributed by atoms with Crippen molar-refractivity contribution < 1.29 is 28.6 Å². The molecule has 0 aliphatic heterocycles. The minimum Gasteiger partial charge on any atom is -0.462 e. The van der Waals surface area contributed by atoms with Crippen molar-refractivity contribution in [1.82, 2.24) is 0 Å². The van der Waals surface area contributed by atoms with Crippen LogP contribution in [0.1, 0.15) is 213 Å². The van der Waals surface area contributed by atoms with E-state index in [0.717, 1.165) is 89.9 Å². The summed E-state index contributed by atoms with van der Waals surface area (Å²) in [6.07, 6.45) is 52.1. The fourth-order valence-electron chi connectivity index (χ4n) is 6.04. The van der Waals surface area contributed by atoms with E-state index in [1.165, 1.54) is 77.0 Å². The molecule has 55 heavy (non-hydrogen) atoms. The van der Waals surface area contributed by atoms with Crippen molar-refractivity contribution in [3.8, 4) is 0 Å². The van der Waals surface area contributed by atoms with Gasteiger partial charge in [0, 0.05) is 19.3 Å². The fourth-order valence-corrected chi connectivity index (χ4v) is 6.04. The van der Waals surface area contributed by atoms with Crippen LogP contribution in [0.2, 0.25) is 0 Å². The Labute approximate surface area is 339 Å². The molecule has 0 aromatic rings. The van der Waals surface area contributed by atoms with E-state index in [0.29, 0.717) is 19.3 Å². The van der Waals surface area contributed by atoms with Gasteiger partial charge in [0.1, 0.15) is 13.2 Å². The minimum absolute atomic E-state index is 0.102. The van der Waals surface area contributed by atoms with Crippen LogP contribution in [0.4, 0.5) is 0 Å². The SMILES string of the molecule is CC/C=C\C/C=C\C/C=C\CCCC(=O)OCC(COC(=O)CCCCC/C=C\CCCCCCCCC)OC(=O)CCCCCCC/C=C\CCCCC. The highest BCUT2D eigenvalue weighted by Crippen LogP contribution is 2.12. The summed E-state index contributed by atoms with van der Waals surface area (Å²) in [6.45, 7) is 6.40. The maximum Gasteiger partial charge on any atom is 0.306 e. The van der Waals surface area contributed by atoms with Crippen molar-refractivity contribution in [2.45, 2.75) is 219 Å². The lowest BCUT2D eigenvalue weighted by atomic mass is 10.1. The molecule has 0 saturated heterocycles. The lowest BCUT2D eigenvalue weighted by Crippen LogP contribution is -2.30. The normalized spacial score (nSPS) is 12.6. The van der Waals surface area contributed by atoms with Crippen molar-refractivity contribution in [3.63, 3.8) is 0 Å². The van der Waals surface area contributed by atoms with E-state index in [-0.39, 0.29) is 37.5 Å². The lowest BCUT2D eigenvalue weighted by molar-refractivity contribution is -0.167. The first kappa shape index (κ1) is 52.1. The van der Waals surface area contributed by atoms with Crippen molar-refractivity contribution in [1.29, 1.82) is 0 Å². The number of unbranched alkanes of at least 4 members (excludes halogenated alkanes) is 19. The first-order chi connectivity index (χ1) is 27.0. The number of carbonyl (C=O) groups excluding carboxylic acids is 3. The predicted molar refractivity (Wildman–Crippen MR) is 233 cm³/mol. The van der Waals surface area contributed by atoms with E-state index in [4.69, 9.17) is 14.2 Å². The summed E-state index contributed by atoms with van der Waals surface area (Å²) in [5, 5.41) is 0. The van der Waals surface area contributed by atoms with E-state index in [1.807, 2.05) is 0 Å². The third kappa shape index (κ3) is 42.1. The van der Waals surface area contributed by atoms with Crippen LogP contribution in [0.25, 0.3) is 0 Å². The quantitative estimate of drug-likeness (QED) is 0.0267. The average Bonchev–Trinajstić information content (AvgIpc) is 3.18. The molecule has 0 aromatic carbocycles. The molecule has 0 saturated carbocycles. The van der Waals surface area contributed by atoms with E-state index in [1.54, 1.807) is 0 Å². The maximum atomic E-state index is 12.7. The summed E-state index contributed by atoms with van der Waals surface area (Å²) < 4.78 is 16.6. The molecule has 0 spiro atoms. The Morgan fingerprint density at radius 1 is 0.382 bits per heavy atom. The summed E-state index contributed by atoms with van der Waals surface area (Å²) in [7, 11) is 0. The third-order valence-electron chi connectivity index (χ3n) is 9.48. The van der Waals surface area contributed by atoms with Gasteiger partial charge in [0.05, 0.1) is 0 Å². The molecule has 0 aliphatic rings. The van der Waals surface area contributed by atoms with Crippen LogP contribution < -0.4 is 0 Å². The molecule has 0 aromatic heterocycles. The van der Waals surface area contributed by atoms with Crippen LogP contribution in [0.15, 0.2) is 60.8 Å². The number of hydrogen-bond donors (Lipinski definition) is 0. The maximum absolute atomic E-state index is 12.7. The summed E-state index contributed by atoms with van der Waals surface area (Å²) >= 11 is 0. The fraction of sp³-hybridized carbons (Fsp3) is 0.735. The Morgan fingerprint density at radius 2 is 0.727 bits per heavy atom. The summed E-state index contributed by atoms with van der Waals surface area (Å²) in [5.74, 6) is -0.986. The van der Waals surface area contributed by atoms with Gasteiger partial charge >= 0.3 is 17.9 Å². The Bertz CT molecular complexity index is 1020. The first-order valence-corrected chi connectivity index (χ1v) is 22.8. The first-order valence-electron chi connectivity index (χ1n) is 22.8. The van der Waals surface area contributed by atoms with Gasteiger partial charge in [-0.1, -0.05) is 159 Å². The second-order valence-corrected chi connectivity index (χ2v) is 14.9. The van der Waals surface area contributed by atoms with Gasteiger partial charge < -0.3 is 14.2 Å². The largest absolute Gasteiger partial charge is 0.462 e. The molecule has 0 fully saturated rings. The zero-order valence-corrected chi connectivity index (χ0v) is 35.9. The van der Waals surface area contributed by atoms with Crippen LogP contribution in [0.5, 0.6) is 0 Å². The number of rotatable bonds is 40. The summed E-state index contributed by atoms with van der Waals surface area (Å²) in [6, 6.07) is 0. The van der Waals surface area contributed by atoms with E-state index < -0.39 is 6.10 Å². The van der Waals surface area contributed by atoms with Crippen molar-refractivity contribution >= 4 is 17.9 Å². The Hall–Kier alpha value is -2.89. The van der Waals surface area contributed by atoms with Gasteiger partial charge in [0.2, 0.25) is 0 Å². The highest BCUT2D eigenvalue weighted by atomic mass is 16.6. The molecule has 0 rings (SSSR count). The molecule has 6 heteroatoms. The van der Waals surface area contributed by atoms with Gasteiger partial charge in [-0.05, 0) is 96.3 Å². The van der Waals surface area contributed by atoms with Gasteiger partial charge in [0.25, 0.3) is 0 Å². The average molecular weight is 769 g/mol. The topological polar surface area (TPSA) is 78.9 Å². The van der Waals surface area contributed by atoms with Crippen molar-refractivity contribution in [2.75, 3.05) is 13.2 Å². The number of carbonyl (C=O) groups is 3. The van der Waals surface area contributed by atoms with E-state index >= 15 is 0 Å². The lowest BCUT2D eigenvalue weighted by Gasteiger charge is -2.18. The standard InChI is InChI=1S/C49H84O6/c1-4-7-10-13-16-19-22-24-25-28-30-33-36-39-42-48(51)54-45-46(44-53-47(50)41-38-35-32-29-26-21-18-15-12-9-6-3)55-49(52)43-40-37-34-31-27-23-20-17-14-11-8-5-2/h9,12,17-18,20-21,25,28-29,32,46H,4-8,10-11,13-16,19,22-24,26-27,30-31,33-45H2,1-3H3/b12-9-,20-17-,21-18-,28-25-,32-29-. The Balaban J connectivity index is 4.47. The second-order valence-electron chi connectivity index (χ2n) is 14.9. The van der Waals surface area contributed by atoms with Crippen LogP contribution in [-0.2, 0) is 28.6 Å². The molecule has 1 atom stereocenters. The second kappa shape index (κ2) is 43.8. The number of ether oxygens (including phenoxy) is 3. The van der Waals surface area contributed by atoms with Crippen molar-refractivity contribution in [3.05, 3.63) is 60.8 Å². The van der Waals surface area contributed by atoms with E-state index in [2.05, 4.69) is 81.5 Å². The van der Waals surface area contributed by atoms with Gasteiger partial charge in [-0.25, -0.2) is 0 Å². The summed E-state index contributed by atoms with van der Waals surface area (Å²) in [4.78, 5) is 37.7. The Morgan fingerprint density at radius 3 is 1.25 bits per heavy atom. The molecular formula is C49H84O6. The summed E-state index contributed by atoms with van der Waals surface area (Å²) in [5.41, 5.74) is 0. The van der Waals surface area contributed by atoms with Gasteiger partial charge in [0.15, 0.2) is 6.10 Å². The van der Waals surface area contributed by atoms with Gasteiger partial charge in [-0.2, -0.15) is 0 Å². The zero-order chi connectivity index (χ0) is 40.1. The smallest absolute Gasteiger partial charge is 0.306 e. The molecule has 0 N–H and O–H groups in total. The van der Waals surface area contributed by atoms with Gasteiger partial charge in [-0.15, -0.1) is 0 Å². The molecule has 0 radical (unpaired) electrons. The monoisotopic (exact) mass is 769 g/mol. The van der Waals surface area contributed by atoms with Crippen LogP contribution in [-0.4, -0.2) is 37.2 Å². The van der Waals surface area contributed by atoms with E-state index in [9.17, 15) is 14.4 Å². The van der Waals surface area contributed by atoms with Crippen LogP contribution in [0, 0.1) is 0 Å². The molecule has 1 unspecified atom stereocenters. The number of esters is 3.